The van der Waals surface area contributed by atoms with Crippen LogP contribution in [-0.4, -0.2) is 25.6 Å². The highest BCUT2D eigenvalue weighted by Gasteiger charge is 2.24. The summed E-state index contributed by atoms with van der Waals surface area (Å²) in [6, 6.07) is 1.93. The molecule has 96 valence electrons. The maximum Gasteiger partial charge on any atom is 0.323 e. The van der Waals surface area contributed by atoms with Gasteiger partial charge in [-0.25, -0.2) is 9.97 Å². The highest BCUT2D eigenvalue weighted by atomic mass is 16.4. The molecule has 0 saturated heterocycles. The van der Waals surface area contributed by atoms with Crippen LogP contribution >= 0.6 is 0 Å². The molecule has 18 heavy (non-hydrogen) atoms. The number of hydrogen-bond acceptors (Lipinski definition) is 3. The van der Waals surface area contributed by atoms with Crippen molar-refractivity contribution >= 4 is 17.1 Å². The van der Waals surface area contributed by atoms with Crippen molar-refractivity contribution in [3.05, 3.63) is 23.7 Å². The first-order valence-corrected chi connectivity index (χ1v) is 5.84. The molecular formula is C13H17N3O2. The number of fused-ring (bicyclic) bond motifs is 1. The van der Waals surface area contributed by atoms with Crippen LogP contribution in [0.15, 0.2) is 12.3 Å². The average molecular weight is 247 g/mol. The Kier molecular flexibility index (Phi) is 2.84. The summed E-state index contributed by atoms with van der Waals surface area (Å²) in [6.07, 6.45) is 1.73. The lowest BCUT2D eigenvalue weighted by molar-refractivity contribution is -0.137. The van der Waals surface area contributed by atoms with Crippen LogP contribution in [0, 0.1) is 6.92 Å². The molecule has 0 aromatic carbocycles. The van der Waals surface area contributed by atoms with Gasteiger partial charge in [-0.2, -0.15) is 0 Å². The Morgan fingerprint density at radius 1 is 1.44 bits per heavy atom. The predicted octanol–water partition coefficient (Wildman–Crippen LogP) is 2.12. The van der Waals surface area contributed by atoms with Crippen molar-refractivity contribution in [3.8, 4) is 0 Å². The minimum atomic E-state index is -0.887. The zero-order valence-corrected chi connectivity index (χ0v) is 11.1. The van der Waals surface area contributed by atoms with E-state index in [9.17, 15) is 4.79 Å². The number of pyridine rings is 1. The van der Waals surface area contributed by atoms with Crippen molar-refractivity contribution in [2.45, 2.75) is 39.7 Å². The first-order valence-electron chi connectivity index (χ1n) is 5.84. The molecule has 0 radical (unpaired) electrons. The van der Waals surface area contributed by atoms with E-state index in [4.69, 9.17) is 5.11 Å². The first-order chi connectivity index (χ1) is 8.29. The van der Waals surface area contributed by atoms with Crippen LogP contribution in [-0.2, 0) is 16.8 Å². The molecule has 1 N–H and O–H groups in total. The van der Waals surface area contributed by atoms with E-state index in [1.54, 1.807) is 10.8 Å². The van der Waals surface area contributed by atoms with E-state index in [0.29, 0.717) is 5.65 Å². The number of rotatable bonds is 2. The van der Waals surface area contributed by atoms with Gasteiger partial charge in [0.15, 0.2) is 5.65 Å². The van der Waals surface area contributed by atoms with Crippen molar-refractivity contribution in [1.82, 2.24) is 14.5 Å². The number of aryl methyl sites for hydroxylation is 1. The molecular weight excluding hydrogens is 230 g/mol. The summed E-state index contributed by atoms with van der Waals surface area (Å²) in [6.45, 7) is 7.87. The summed E-state index contributed by atoms with van der Waals surface area (Å²) in [7, 11) is 0. The summed E-state index contributed by atoms with van der Waals surface area (Å²) in [5.74, 6) is -0.139. The third-order valence-electron chi connectivity index (χ3n) is 2.69. The Hall–Kier alpha value is -1.91. The Balaban J connectivity index is 2.72. The van der Waals surface area contributed by atoms with Gasteiger partial charge in [0, 0.05) is 11.6 Å². The minimum Gasteiger partial charge on any atom is -0.480 e. The number of aromatic nitrogens is 3. The molecule has 5 heteroatoms. The van der Waals surface area contributed by atoms with E-state index >= 15 is 0 Å². The summed E-state index contributed by atoms with van der Waals surface area (Å²) in [5.41, 5.74) is 2.18. The predicted molar refractivity (Wildman–Crippen MR) is 68.6 cm³/mol. The molecule has 0 saturated carbocycles. The van der Waals surface area contributed by atoms with Crippen molar-refractivity contribution in [1.29, 1.82) is 0 Å². The van der Waals surface area contributed by atoms with Crippen LogP contribution in [0.3, 0.4) is 0 Å². The van der Waals surface area contributed by atoms with Crippen LogP contribution in [0.1, 0.15) is 32.2 Å². The maximum absolute atomic E-state index is 11.0. The highest BCUT2D eigenvalue weighted by Crippen LogP contribution is 2.25. The highest BCUT2D eigenvalue weighted by molar-refractivity contribution is 5.75. The Morgan fingerprint density at radius 3 is 2.67 bits per heavy atom. The molecule has 2 rings (SSSR count). The zero-order valence-electron chi connectivity index (χ0n) is 11.1. The van der Waals surface area contributed by atoms with Gasteiger partial charge in [-0.15, -0.1) is 0 Å². The SMILES string of the molecule is Cc1cnc2c(c1)nc(C(C)(C)C)n2CC(=O)O. The monoisotopic (exact) mass is 247 g/mol. The lowest BCUT2D eigenvalue weighted by Gasteiger charge is -2.18. The second-order valence-electron chi connectivity index (χ2n) is 5.52. The quantitative estimate of drug-likeness (QED) is 0.882. The topological polar surface area (TPSA) is 68.0 Å². The number of nitrogens with zero attached hydrogens (tertiary/aromatic N) is 3. The van der Waals surface area contributed by atoms with Gasteiger partial charge in [0.2, 0.25) is 0 Å². The molecule has 0 bridgehead atoms. The standard InChI is InChI=1S/C13H17N3O2/c1-8-5-9-11(14-6-8)16(7-10(17)18)12(15-9)13(2,3)4/h5-6H,7H2,1-4H3,(H,17,18). The summed E-state index contributed by atoms with van der Waals surface area (Å²) < 4.78 is 1.68. The van der Waals surface area contributed by atoms with Gasteiger partial charge in [-0.3, -0.25) is 4.79 Å². The number of hydrogen-bond donors (Lipinski definition) is 1. The first kappa shape index (κ1) is 12.5. The van der Waals surface area contributed by atoms with Gasteiger partial charge in [0.1, 0.15) is 17.9 Å². The molecule has 0 fully saturated rings. The molecule has 0 amide bonds. The van der Waals surface area contributed by atoms with Crippen LogP contribution in [0.4, 0.5) is 0 Å². The van der Waals surface area contributed by atoms with E-state index < -0.39 is 5.97 Å². The lowest BCUT2D eigenvalue weighted by atomic mass is 9.96. The molecule has 0 spiro atoms. The largest absolute Gasteiger partial charge is 0.480 e. The van der Waals surface area contributed by atoms with Gasteiger partial charge in [0.05, 0.1) is 0 Å². The number of carboxylic acids is 1. The average Bonchev–Trinajstić information content (AvgIpc) is 2.55. The zero-order chi connectivity index (χ0) is 13.5. The van der Waals surface area contributed by atoms with E-state index in [1.807, 2.05) is 33.8 Å². The maximum atomic E-state index is 11.0. The number of imidazole rings is 1. The van der Waals surface area contributed by atoms with Gasteiger partial charge in [0.25, 0.3) is 0 Å². The Morgan fingerprint density at radius 2 is 2.11 bits per heavy atom. The van der Waals surface area contributed by atoms with E-state index in [2.05, 4.69) is 9.97 Å². The van der Waals surface area contributed by atoms with E-state index in [1.165, 1.54) is 0 Å². The third-order valence-corrected chi connectivity index (χ3v) is 2.69. The molecule has 5 nitrogen and oxygen atoms in total. The molecule has 2 aromatic heterocycles. The molecule has 0 aliphatic rings. The fraction of sp³-hybridized carbons (Fsp3) is 0.462. The van der Waals surface area contributed by atoms with Crippen LogP contribution in [0.5, 0.6) is 0 Å². The van der Waals surface area contributed by atoms with Crippen LogP contribution in [0.25, 0.3) is 11.2 Å². The summed E-state index contributed by atoms with van der Waals surface area (Å²) in [4.78, 5) is 19.8. The van der Waals surface area contributed by atoms with Crippen LogP contribution < -0.4 is 0 Å². The number of carboxylic acid groups (broad SMARTS) is 1. The van der Waals surface area contributed by atoms with Gasteiger partial charge in [-0.1, -0.05) is 20.8 Å². The van der Waals surface area contributed by atoms with Gasteiger partial charge in [-0.05, 0) is 18.6 Å². The summed E-state index contributed by atoms with van der Waals surface area (Å²) >= 11 is 0. The number of aliphatic carboxylic acids is 1. The molecule has 0 unspecified atom stereocenters. The molecule has 2 heterocycles. The van der Waals surface area contributed by atoms with Crippen molar-refractivity contribution < 1.29 is 9.90 Å². The third kappa shape index (κ3) is 2.20. The van der Waals surface area contributed by atoms with Gasteiger partial charge >= 0.3 is 5.97 Å². The fourth-order valence-electron chi connectivity index (χ4n) is 1.97. The van der Waals surface area contributed by atoms with Crippen LogP contribution in [0.2, 0.25) is 0 Å². The molecule has 0 aliphatic carbocycles. The Labute approximate surface area is 105 Å². The van der Waals surface area contributed by atoms with Gasteiger partial charge < -0.3 is 9.67 Å². The smallest absolute Gasteiger partial charge is 0.323 e. The Bertz CT molecular complexity index is 608. The van der Waals surface area contributed by atoms with Crippen molar-refractivity contribution in [2.75, 3.05) is 0 Å². The van der Waals surface area contributed by atoms with E-state index in [-0.39, 0.29) is 12.0 Å². The molecule has 0 atom stereocenters. The lowest BCUT2D eigenvalue weighted by Crippen LogP contribution is -2.21. The number of carbonyl (C=O) groups is 1. The fourth-order valence-corrected chi connectivity index (χ4v) is 1.97. The van der Waals surface area contributed by atoms with Crippen molar-refractivity contribution in [2.24, 2.45) is 0 Å². The van der Waals surface area contributed by atoms with Crippen molar-refractivity contribution in [3.63, 3.8) is 0 Å². The second kappa shape index (κ2) is 4.08. The summed E-state index contributed by atoms with van der Waals surface area (Å²) in [5, 5.41) is 9.01. The minimum absolute atomic E-state index is 0.112. The second-order valence-corrected chi connectivity index (χ2v) is 5.52. The molecule has 0 aliphatic heterocycles. The molecule has 2 aromatic rings. The normalized spacial score (nSPS) is 12.0. The van der Waals surface area contributed by atoms with E-state index in [0.717, 1.165) is 16.9 Å².